The number of carbonyl (C=O) groups excluding carboxylic acids is 1. The van der Waals surface area contributed by atoms with E-state index in [1.807, 2.05) is 29.6 Å². The highest BCUT2D eigenvalue weighted by Crippen LogP contribution is 2.22. The van der Waals surface area contributed by atoms with E-state index in [2.05, 4.69) is 41.5 Å². The second-order valence-electron chi connectivity index (χ2n) is 6.86. The summed E-state index contributed by atoms with van der Waals surface area (Å²) in [5.74, 6) is 1.16. The third-order valence-electron chi connectivity index (χ3n) is 4.59. The smallest absolute Gasteiger partial charge is 0.275 e. The van der Waals surface area contributed by atoms with Crippen LogP contribution in [0.2, 0.25) is 0 Å². The predicted octanol–water partition coefficient (Wildman–Crippen LogP) is 2.26. The van der Waals surface area contributed by atoms with Crippen molar-refractivity contribution in [1.82, 2.24) is 15.5 Å². The molecule has 1 amide bonds. The van der Waals surface area contributed by atoms with Gasteiger partial charge in [-0.2, -0.15) is 0 Å². The van der Waals surface area contributed by atoms with Crippen LogP contribution in [-0.2, 0) is 17.8 Å². The number of quaternary nitrogens is 1. The maximum Gasteiger partial charge on any atom is 0.275 e. The van der Waals surface area contributed by atoms with Gasteiger partial charge in [-0.05, 0) is 42.3 Å². The van der Waals surface area contributed by atoms with E-state index in [1.54, 1.807) is 11.3 Å². The van der Waals surface area contributed by atoms with Gasteiger partial charge in [0.2, 0.25) is 0 Å². The lowest BCUT2D eigenvalue weighted by Crippen LogP contribution is -3.12. The Morgan fingerprint density at radius 3 is 2.82 bits per heavy atom. The number of hydrogen-bond donors (Lipinski definition) is 2. The highest BCUT2D eigenvalue weighted by molar-refractivity contribution is 7.13. The maximum atomic E-state index is 12.4. The zero-order chi connectivity index (χ0) is 19.8. The number of carbonyl (C=O) groups is 1. The van der Waals surface area contributed by atoms with E-state index in [4.69, 9.17) is 4.42 Å². The molecule has 0 fully saturated rings. The maximum absolute atomic E-state index is 12.4. The average molecular weight is 400 g/mol. The molecule has 1 atom stereocenters. The van der Waals surface area contributed by atoms with Crippen molar-refractivity contribution < 1.29 is 14.1 Å². The molecule has 0 saturated heterocycles. The molecule has 0 aliphatic heterocycles. The van der Waals surface area contributed by atoms with Gasteiger partial charge in [0.15, 0.2) is 13.1 Å². The van der Waals surface area contributed by atoms with Crippen LogP contribution in [0, 0.1) is 6.92 Å². The third-order valence-corrected chi connectivity index (χ3v) is 5.45. The van der Waals surface area contributed by atoms with Crippen molar-refractivity contribution in [3.63, 3.8) is 0 Å². The van der Waals surface area contributed by atoms with E-state index in [-0.39, 0.29) is 5.91 Å². The second-order valence-corrected chi connectivity index (χ2v) is 7.81. The summed E-state index contributed by atoms with van der Waals surface area (Å²) in [5.41, 5.74) is 2.53. The van der Waals surface area contributed by atoms with Crippen LogP contribution in [0.1, 0.15) is 30.4 Å². The Bertz CT molecular complexity index is 876. The van der Waals surface area contributed by atoms with E-state index < -0.39 is 0 Å². The molecule has 0 aliphatic rings. The molecule has 0 bridgehead atoms. The Labute approximate surface area is 169 Å². The third kappa shape index (κ3) is 5.74. The summed E-state index contributed by atoms with van der Waals surface area (Å²) >= 11 is 1.57. The number of benzene rings is 1. The monoisotopic (exact) mass is 399 g/mol. The number of nitrogens with zero attached hydrogens (tertiary/aromatic N) is 2. The standard InChI is InChI=1S/C21H26N4O2S/c1-3-12-25(15-20-23-24-21(27-20)18-9-6-13-28-18)14-19(26)22-11-10-17-8-5-4-7-16(17)2/h4-9,13H,3,10-12,14-15H2,1-2H3,(H,22,26)/p+1. The molecule has 2 heterocycles. The van der Waals surface area contributed by atoms with Crippen LogP contribution < -0.4 is 10.2 Å². The lowest BCUT2D eigenvalue weighted by atomic mass is 10.1. The van der Waals surface area contributed by atoms with Gasteiger partial charge in [-0.1, -0.05) is 37.3 Å². The van der Waals surface area contributed by atoms with Crippen molar-refractivity contribution in [1.29, 1.82) is 0 Å². The Morgan fingerprint density at radius 2 is 2.07 bits per heavy atom. The van der Waals surface area contributed by atoms with Crippen molar-refractivity contribution in [3.05, 3.63) is 58.8 Å². The number of aryl methyl sites for hydroxylation is 1. The molecule has 28 heavy (non-hydrogen) atoms. The molecule has 0 spiro atoms. The molecule has 1 aromatic carbocycles. The first-order chi connectivity index (χ1) is 13.7. The van der Waals surface area contributed by atoms with Gasteiger partial charge in [0.25, 0.3) is 17.7 Å². The van der Waals surface area contributed by atoms with Crippen molar-refractivity contribution in [2.24, 2.45) is 0 Å². The second kappa shape index (κ2) is 10.1. The quantitative estimate of drug-likeness (QED) is 0.549. The fraction of sp³-hybridized carbons (Fsp3) is 0.381. The van der Waals surface area contributed by atoms with Crippen molar-refractivity contribution >= 4 is 17.2 Å². The Kier molecular flexibility index (Phi) is 7.33. The van der Waals surface area contributed by atoms with E-state index in [9.17, 15) is 4.79 Å². The summed E-state index contributed by atoms with van der Waals surface area (Å²) in [6.45, 7) is 6.68. The minimum Gasteiger partial charge on any atom is -0.414 e. The van der Waals surface area contributed by atoms with E-state index in [0.717, 1.165) is 29.2 Å². The van der Waals surface area contributed by atoms with Crippen molar-refractivity contribution in [2.45, 2.75) is 33.2 Å². The SMILES string of the molecule is CCC[NH+](CC(=O)NCCc1ccccc1C)Cc1nnc(-c2cccs2)o1. The zero-order valence-electron chi connectivity index (χ0n) is 16.4. The lowest BCUT2D eigenvalue weighted by Gasteiger charge is -2.16. The van der Waals surface area contributed by atoms with Crippen molar-refractivity contribution in [2.75, 3.05) is 19.6 Å². The summed E-state index contributed by atoms with van der Waals surface area (Å²) in [5, 5.41) is 13.3. The summed E-state index contributed by atoms with van der Waals surface area (Å²) in [6.07, 6.45) is 1.83. The molecule has 0 aliphatic carbocycles. The highest BCUT2D eigenvalue weighted by atomic mass is 32.1. The first-order valence-electron chi connectivity index (χ1n) is 9.66. The molecule has 1 unspecified atom stereocenters. The van der Waals surface area contributed by atoms with Crippen LogP contribution in [0.3, 0.4) is 0 Å². The minimum absolute atomic E-state index is 0.0510. The van der Waals surface area contributed by atoms with E-state index >= 15 is 0 Å². The Balaban J connectivity index is 1.49. The topological polar surface area (TPSA) is 72.5 Å². The Morgan fingerprint density at radius 1 is 1.21 bits per heavy atom. The summed E-state index contributed by atoms with van der Waals surface area (Å²) in [6, 6.07) is 12.2. The number of aromatic nitrogens is 2. The van der Waals surface area contributed by atoms with Gasteiger partial charge >= 0.3 is 0 Å². The van der Waals surface area contributed by atoms with Crippen molar-refractivity contribution in [3.8, 4) is 10.8 Å². The molecule has 2 N–H and O–H groups in total. The molecule has 2 aromatic heterocycles. The highest BCUT2D eigenvalue weighted by Gasteiger charge is 2.18. The number of thiophene rings is 1. The van der Waals surface area contributed by atoms with Crippen LogP contribution >= 0.6 is 11.3 Å². The molecule has 0 saturated carbocycles. The minimum atomic E-state index is 0.0510. The number of amides is 1. The molecule has 3 aromatic rings. The van der Waals surface area contributed by atoms with Gasteiger partial charge in [0.1, 0.15) is 0 Å². The summed E-state index contributed by atoms with van der Waals surface area (Å²) in [7, 11) is 0. The molecular weight excluding hydrogens is 372 g/mol. The van der Waals surface area contributed by atoms with Gasteiger partial charge < -0.3 is 14.6 Å². The molecule has 3 rings (SSSR count). The lowest BCUT2D eigenvalue weighted by molar-refractivity contribution is -0.907. The van der Waals surface area contributed by atoms with Crippen LogP contribution in [0.25, 0.3) is 10.8 Å². The Hall–Kier alpha value is -2.51. The normalized spacial score (nSPS) is 12.1. The average Bonchev–Trinajstić information content (AvgIpc) is 3.35. The number of rotatable bonds is 10. The number of nitrogens with one attached hydrogen (secondary N) is 2. The van der Waals surface area contributed by atoms with Gasteiger partial charge in [-0.3, -0.25) is 4.79 Å². The first kappa shape index (κ1) is 20.2. The largest absolute Gasteiger partial charge is 0.414 e. The van der Waals surface area contributed by atoms with Crippen LogP contribution in [-0.4, -0.2) is 35.7 Å². The van der Waals surface area contributed by atoms with Gasteiger partial charge in [-0.25, -0.2) is 0 Å². The molecule has 148 valence electrons. The van der Waals surface area contributed by atoms with Crippen LogP contribution in [0.4, 0.5) is 0 Å². The summed E-state index contributed by atoms with van der Waals surface area (Å²) < 4.78 is 5.77. The molecule has 6 nitrogen and oxygen atoms in total. The molecule has 0 radical (unpaired) electrons. The van der Waals surface area contributed by atoms with Crippen LogP contribution in [0.15, 0.2) is 46.2 Å². The van der Waals surface area contributed by atoms with Crippen LogP contribution in [0.5, 0.6) is 0 Å². The zero-order valence-corrected chi connectivity index (χ0v) is 17.2. The predicted molar refractivity (Wildman–Crippen MR) is 110 cm³/mol. The van der Waals surface area contributed by atoms with E-state index in [1.165, 1.54) is 11.1 Å². The summed E-state index contributed by atoms with van der Waals surface area (Å²) in [4.78, 5) is 14.5. The molecule has 7 heteroatoms. The number of hydrogen-bond acceptors (Lipinski definition) is 5. The van der Waals surface area contributed by atoms with E-state index in [0.29, 0.717) is 31.4 Å². The fourth-order valence-corrected chi connectivity index (χ4v) is 3.79. The fourth-order valence-electron chi connectivity index (χ4n) is 3.15. The molecular formula is C21H27N4O2S+. The van der Waals surface area contributed by atoms with Gasteiger partial charge in [0.05, 0.1) is 11.4 Å². The van der Waals surface area contributed by atoms with Gasteiger partial charge in [0, 0.05) is 6.54 Å². The first-order valence-corrected chi connectivity index (χ1v) is 10.5. The van der Waals surface area contributed by atoms with Gasteiger partial charge in [-0.15, -0.1) is 21.5 Å².